The summed E-state index contributed by atoms with van der Waals surface area (Å²) in [5.41, 5.74) is 0. The summed E-state index contributed by atoms with van der Waals surface area (Å²) in [5.74, 6) is 0. The minimum absolute atomic E-state index is 0.312. The van der Waals surface area contributed by atoms with Crippen LogP contribution in [0.5, 0.6) is 0 Å². The van der Waals surface area contributed by atoms with Crippen LogP contribution >= 0.6 is 0 Å². The van der Waals surface area contributed by atoms with Crippen molar-refractivity contribution in [3.63, 3.8) is 0 Å². The van der Waals surface area contributed by atoms with Crippen LogP contribution in [-0.2, 0) is 9.47 Å². The molecular formula is C8H16F3NO2. The molecule has 0 unspecified atom stereocenters. The highest BCUT2D eigenvalue weighted by atomic mass is 19.4. The Morgan fingerprint density at radius 2 is 1.86 bits per heavy atom. The number of rotatable bonds is 8. The molecule has 0 spiro atoms. The summed E-state index contributed by atoms with van der Waals surface area (Å²) in [4.78, 5) is 0. The molecule has 0 atom stereocenters. The van der Waals surface area contributed by atoms with Gasteiger partial charge in [-0.25, -0.2) is 0 Å². The van der Waals surface area contributed by atoms with Gasteiger partial charge in [-0.1, -0.05) is 0 Å². The maximum Gasteiger partial charge on any atom is 0.401 e. The SMILES string of the molecule is COCCOCCCNCC(F)(F)F. The van der Waals surface area contributed by atoms with Crippen molar-refractivity contribution in [3.05, 3.63) is 0 Å². The summed E-state index contributed by atoms with van der Waals surface area (Å²) in [5, 5.41) is 2.28. The summed E-state index contributed by atoms with van der Waals surface area (Å²) in [7, 11) is 1.56. The second-order valence-corrected chi connectivity index (χ2v) is 2.75. The van der Waals surface area contributed by atoms with Crippen LogP contribution in [0, 0.1) is 0 Å². The zero-order valence-electron chi connectivity index (χ0n) is 8.19. The lowest BCUT2D eigenvalue weighted by Crippen LogP contribution is -2.29. The molecule has 1 N–H and O–H groups in total. The Labute approximate surface area is 81.6 Å². The third-order valence-corrected chi connectivity index (χ3v) is 1.40. The Kier molecular flexibility index (Phi) is 7.83. The number of halogens is 3. The fourth-order valence-corrected chi connectivity index (χ4v) is 0.774. The normalized spacial score (nSPS) is 12.0. The van der Waals surface area contributed by atoms with E-state index in [1.807, 2.05) is 0 Å². The molecule has 0 fully saturated rings. The van der Waals surface area contributed by atoms with Gasteiger partial charge in [0.25, 0.3) is 0 Å². The number of alkyl halides is 3. The van der Waals surface area contributed by atoms with E-state index < -0.39 is 12.7 Å². The van der Waals surface area contributed by atoms with Crippen molar-refractivity contribution >= 4 is 0 Å². The molecule has 0 aliphatic rings. The smallest absolute Gasteiger partial charge is 0.382 e. The Hall–Kier alpha value is -0.330. The Balaban J connectivity index is 2.99. The van der Waals surface area contributed by atoms with E-state index in [0.29, 0.717) is 32.8 Å². The minimum Gasteiger partial charge on any atom is -0.382 e. The molecule has 0 aliphatic carbocycles. The van der Waals surface area contributed by atoms with E-state index in [1.54, 1.807) is 7.11 Å². The van der Waals surface area contributed by atoms with Gasteiger partial charge in [-0.05, 0) is 13.0 Å². The summed E-state index contributed by atoms with van der Waals surface area (Å²) in [6.45, 7) is 0.817. The molecule has 14 heavy (non-hydrogen) atoms. The molecule has 0 saturated carbocycles. The summed E-state index contributed by atoms with van der Waals surface area (Å²) in [6.07, 6.45) is -3.56. The molecule has 0 aromatic carbocycles. The zero-order chi connectivity index (χ0) is 10.9. The van der Waals surface area contributed by atoms with E-state index in [-0.39, 0.29) is 0 Å². The van der Waals surface area contributed by atoms with Gasteiger partial charge < -0.3 is 14.8 Å². The average Bonchev–Trinajstić information content (AvgIpc) is 2.08. The van der Waals surface area contributed by atoms with E-state index in [9.17, 15) is 13.2 Å². The molecule has 0 radical (unpaired) electrons. The molecule has 0 aromatic heterocycles. The molecule has 0 heterocycles. The predicted molar refractivity (Wildman–Crippen MR) is 46.2 cm³/mol. The van der Waals surface area contributed by atoms with E-state index in [0.717, 1.165) is 0 Å². The maximum absolute atomic E-state index is 11.6. The van der Waals surface area contributed by atoms with Crippen molar-refractivity contribution < 1.29 is 22.6 Å². The van der Waals surface area contributed by atoms with Crippen molar-refractivity contribution in [2.45, 2.75) is 12.6 Å². The molecule has 0 bridgehead atoms. The highest BCUT2D eigenvalue weighted by Crippen LogP contribution is 2.11. The van der Waals surface area contributed by atoms with Crippen molar-refractivity contribution in [3.8, 4) is 0 Å². The summed E-state index contributed by atoms with van der Waals surface area (Å²) < 4.78 is 44.6. The van der Waals surface area contributed by atoms with Crippen LogP contribution < -0.4 is 5.32 Å². The molecular weight excluding hydrogens is 199 g/mol. The molecule has 3 nitrogen and oxygen atoms in total. The van der Waals surface area contributed by atoms with E-state index in [2.05, 4.69) is 5.32 Å². The van der Waals surface area contributed by atoms with Crippen molar-refractivity contribution in [2.24, 2.45) is 0 Å². The molecule has 0 saturated heterocycles. The number of nitrogens with one attached hydrogen (secondary N) is 1. The quantitative estimate of drug-likeness (QED) is 0.617. The molecule has 86 valence electrons. The van der Waals surface area contributed by atoms with Gasteiger partial charge >= 0.3 is 6.18 Å². The third kappa shape index (κ3) is 11.7. The Bertz CT molecular complexity index is 130. The lowest BCUT2D eigenvalue weighted by Gasteiger charge is -2.08. The second-order valence-electron chi connectivity index (χ2n) is 2.75. The number of ether oxygens (including phenoxy) is 2. The lowest BCUT2D eigenvalue weighted by molar-refractivity contribution is -0.124. The van der Waals surface area contributed by atoms with Gasteiger partial charge in [0.15, 0.2) is 0 Å². The van der Waals surface area contributed by atoms with Gasteiger partial charge in [-0.2, -0.15) is 13.2 Å². The predicted octanol–water partition coefficient (Wildman–Crippen LogP) is 1.19. The zero-order valence-corrected chi connectivity index (χ0v) is 8.19. The average molecular weight is 215 g/mol. The van der Waals surface area contributed by atoms with Crippen LogP contribution in [0.2, 0.25) is 0 Å². The number of methoxy groups -OCH3 is 1. The first-order valence-corrected chi connectivity index (χ1v) is 4.40. The van der Waals surface area contributed by atoms with Crippen molar-refractivity contribution in [1.82, 2.24) is 5.32 Å². The van der Waals surface area contributed by atoms with Gasteiger partial charge in [-0.15, -0.1) is 0 Å². The molecule has 0 rings (SSSR count). The number of hydrogen-bond acceptors (Lipinski definition) is 3. The van der Waals surface area contributed by atoms with Gasteiger partial charge in [-0.3, -0.25) is 0 Å². The fourth-order valence-electron chi connectivity index (χ4n) is 0.774. The van der Waals surface area contributed by atoms with Crippen LogP contribution in [-0.4, -0.2) is 46.2 Å². The first-order chi connectivity index (χ1) is 6.56. The van der Waals surface area contributed by atoms with Crippen LogP contribution in [0.15, 0.2) is 0 Å². The summed E-state index contributed by atoms with van der Waals surface area (Å²) >= 11 is 0. The van der Waals surface area contributed by atoms with Crippen molar-refractivity contribution in [2.75, 3.05) is 40.0 Å². The van der Waals surface area contributed by atoms with Gasteiger partial charge in [0, 0.05) is 13.7 Å². The molecule has 0 aliphatic heterocycles. The first-order valence-electron chi connectivity index (χ1n) is 4.40. The monoisotopic (exact) mass is 215 g/mol. The van der Waals surface area contributed by atoms with Crippen molar-refractivity contribution in [1.29, 1.82) is 0 Å². The Morgan fingerprint density at radius 1 is 1.14 bits per heavy atom. The van der Waals surface area contributed by atoms with Gasteiger partial charge in [0.2, 0.25) is 0 Å². The molecule has 0 aromatic rings. The van der Waals surface area contributed by atoms with Gasteiger partial charge in [0.05, 0.1) is 19.8 Å². The fraction of sp³-hybridized carbons (Fsp3) is 1.00. The summed E-state index contributed by atoms with van der Waals surface area (Å²) in [6, 6.07) is 0. The number of hydrogen-bond donors (Lipinski definition) is 1. The highest BCUT2D eigenvalue weighted by Gasteiger charge is 2.25. The topological polar surface area (TPSA) is 30.5 Å². The Morgan fingerprint density at radius 3 is 2.43 bits per heavy atom. The van der Waals surface area contributed by atoms with E-state index >= 15 is 0 Å². The largest absolute Gasteiger partial charge is 0.401 e. The lowest BCUT2D eigenvalue weighted by atomic mass is 10.4. The first kappa shape index (κ1) is 13.7. The van der Waals surface area contributed by atoms with Crippen LogP contribution in [0.3, 0.4) is 0 Å². The van der Waals surface area contributed by atoms with E-state index in [4.69, 9.17) is 9.47 Å². The maximum atomic E-state index is 11.6. The van der Waals surface area contributed by atoms with Crippen LogP contribution in [0.4, 0.5) is 13.2 Å². The molecule has 0 amide bonds. The van der Waals surface area contributed by atoms with Crippen LogP contribution in [0.25, 0.3) is 0 Å². The second kappa shape index (κ2) is 8.02. The highest BCUT2D eigenvalue weighted by molar-refractivity contribution is 4.55. The van der Waals surface area contributed by atoms with Gasteiger partial charge in [0.1, 0.15) is 0 Å². The molecule has 6 heteroatoms. The standard InChI is InChI=1S/C8H16F3NO2/c1-13-5-6-14-4-2-3-12-7-8(9,10)11/h12H,2-7H2,1H3. The van der Waals surface area contributed by atoms with Crippen LogP contribution in [0.1, 0.15) is 6.42 Å². The third-order valence-electron chi connectivity index (χ3n) is 1.40. The van der Waals surface area contributed by atoms with E-state index in [1.165, 1.54) is 0 Å². The minimum atomic E-state index is -4.13.